The number of hydrogen-bond donors (Lipinski definition) is 1. The van der Waals surface area contributed by atoms with Gasteiger partial charge < -0.3 is 14.4 Å². The molecule has 0 unspecified atom stereocenters. The molecule has 2 aromatic rings. The Labute approximate surface area is 93.1 Å². The number of amides is 1. The lowest BCUT2D eigenvalue weighted by atomic mass is 10.1. The summed E-state index contributed by atoms with van der Waals surface area (Å²) in [6.45, 7) is 1.74. The van der Waals surface area contributed by atoms with E-state index in [2.05, 4.69) is 0 Å². The summed E-state index contributed by atoms with van der Waals surface area (Å²) in [6.07, 6.45) is 0. The lowest BCUT2D eigenvalue weighted by molar-refractivity contribution is 0.0827. The molecule has 1 aromatic carbocycles. The molecule has 0 saturated carbocycles. The first-order valence-corrected chi connectivity index (χ1v) is 4.94. The summed E-state index contributed by atoms with van der Waals surface area (Å²) in [4.78, 5) is 13.4. The number of fused-ring (bicyclic) bond motifs is 1. The summed E-state index contributed by atoms with van der Waals surface area (Å²) >= 11 is 0. The number of benzene rings is 1. The average Bonchev–Trinajstić information content (AvgIpc) is 2.51. The van der Waals surface area contributed by atoms with Gasteiger partial charge in [0.1, 0.15) is 17.1 Å². The molecule has 0 bridgehead atoms. The van der Waals surface area contributed by atoms with Crippen LogP contribution in [0.3, 0.4) is 0 Å². The monoisotopic (exact) mass is 219 g/mol. The molecule has 16 heavy (non-hydrogen) atoms. The Morgan fingerprint density at radius 3 is 2.69 bits per heavy atom. The predicted molar refractivity (Wildman–Crippen MR) is 60.6 cm³/mol. The summed E-state index contributed by atoms with van der Waals surface area (Å²) in [5, 5.41) is 10.1. The molecular weight excluding hydrogens is 206 g/mol. The van der Waals surface area contributed by atoms with E-state index in [9.17, 15) is 9.90 Å². The lowest BCUT2D eigenvalue weighted by Crippen LogP contribution is -2.22. The van der Waals surface area contributed by atoms with Gasteiger partial charge in [-0.05, 0) is 19.1 Å². The van der Waals surface area contributed by atoms with Crippen LogP contribution >= 0.6 is 0 Å². The van der Waals surface area contributed by atoms with Crippen LogP contribution in [0, 0.1) is 6.92 Å². The third-order valence-electron chi connectivity index (χ3n) is 2.47. The first kappa shape index (κ1) is 10.5. The smallest absolute Gasteiger partial charge is 0.257 e. The van der Waals surface area contributed by atoms with Crippen LogP contribution < -0.4 is 0 Å². The molecule has 0 aliphatic rings. The van der Waals surface area contributed by atoms with E-state index in [0.29, 0.717) is 16.9 Å². The van der Waals surface area contributed by atoms with Crippen LogP contribution in [0.1, 0.15) is 16.1 Å². The van der Waals surface area contributed by atoms with Crippen LogP contribution in [-0.4, -0.2) is 30.0 Å². The minimum atomic E-state index is -0.0954. The van der Waals surface area contributed by atoms with Crippen LogP contribution in [0.25, 0.3) is 11.0 Å². The molecule has 0 radical (unpaired) electrons. The number of nitrogens with zero attached hydrogens (tertiary/aromatic N) is 1. The van der Waals surface area contributed by atoms with E-state index in [1.165, 1.54) is 11.0 Å². The number of carbonyl (C=O) groups is 1. The molecule has 1 heterocycles. The molecular formula is C12H13NO3. The van der Waals surface area contributed by atoms with Crippen LogP contribution in [-0.2, 0) is 0 Å². The normalized spacial score (nSPS) is 10.7. The molecule has 0 atom stereocenters. The van der Waals surface area contributed by atoms with Gasteiger partial charge in [-0.15, -0.1) is 0 Å². The second kappa shape index (κ2) is 3.56. The van der Waals surface area contributed by atoms with E-state index >= 15 is 0 Å². The van der Waals surface area contributed by atoms with Gasteiger partial charge in [-0.1, -0.05) is 0 Å². The Kier molecular flexibility index (Phi) is 2.34. The summed E-state index contributed by atoms with van der Waals surface area (Å²) < 4.78 is 5.44. The van der Waals surface area contributed by atoms with Gasteiger partial charge in [-0.2, -0.15) is 0 Å². The Bertz CT molecular complexity index is 555. The van der Waals surface area contributed by atoms with Gasteiger partial charge in [0.2, 0.25) is 0 Å². The van der Waals surface area contributed by atoms with Crippen molar-refractivity contribution in [2.24, 2.45) is 0 Å². The fraction of sp³-hybridized carbons (Fsp3) is 0.250. The van der Waals surface area contributed by atoms with Gasteiger partial charge in [0, 0.05) is 25.5 Å². The van der Waals surface area contributed by atoms with Crippen LogP contribution in [0.2, 0.25) is 0 Å². The van der Waals surface area contributed by atoms with Crippen molar-refractivity contribution in [1.29, 1.82) is 0 Å². The second-order valence-corrected chi connectivity index (χ2v) is 3.91. The zero-order valence-corrected chi connectivity index (χ0v) is 9.44. The largest absolute Gasteiger partial charge is 0.508 e. The molecule has 84 valence electrons. The quantitative estimate of drug-likeness (QED) is 0.799. The van der Waals surface area contributed by atoms with Crippen LogP contribution in [0.15, 0.2) is 22.6 Å². The number of furan rings is 1. The molecule has 2 rings (SSSR count). The van der Waals surface area contributed by atoms with Crippen molar-refractivity contribution in [1.82, 2.24) is 4.90 Å². The van der Waals surface area contributed by atoms with E-state index in [1.807, 2.05) is 0 Å². The third kappa shape index (κ3) is 1.52. The second-order valence-electron chi connectivity index (χ2n) is 3.91. The SMILES string of the molecule is Cc1oc2cc(O)ccc2c1C(=O)N(C)C. The molecule has 0 spiro atoms. The minimum Gasteiger partial charge on any atom is -0.508 e. The van der Waals surface area contributed by atoms with Gasteiger partial charge in [-0.3, -0.25) is 4.79 Å². The number of carbonyl (C=O) groups excluding carboxylic acids is 1. The van der Waals surface area contributed by atoms with Crippen molar-refractivity contribution in [2.75, 3.05) is 14.1 Å². The van der Waals surface area contributed by atoms with E-state index in [4.69, 9.17) is 4.42 Å². The van der Waals surface area contributed by atoms with E-state index < -0.39 is 0 Å². The fourth-order valence-corrected chi connectivity index (χ4v) is 1.70. The maximum atomic E-state index is 11.9. The van der Waals surface area contributed by atoms with E-state index in [-0.39, 0.29) is 11.7 Å². The Morgan fingerprint density at radius 1 is 1.38 bits per heavy atom. The maximum absolute atomic E-state index is 11.9. The van der Waals surface area contributed by atoms with Gasteiger partial charge >= 0.3 is 0 Å². The van der Waals surface area contributed by atoms with E-state index in [1.54, 1.807) is 33.2 Å². The van der Waals surface area contributed by atoms with Gasteiger partial charge in [0.15, 0.2) is 0 Å². The van der Waals surface area contributed by atoms with Gasteiger partial charge in [0.05, 0.1) is 5.56 Å². The number of rotatable bonds is 1. The Balaban J connectivity index is 2.70. The first-order valence-electron chi connectivity index (χ1n) is 4.94. The molecule has 0 fully saturated rings. The highest BCUT2D eigenvalue weighted by Crippen LogP contribution is 2.28. The molecule has 1 aromatic heterocycles. The van der Waals surface area contributed by atoms with Crippen molar-refractivity contribution in [3.05, 3.63) is 29.5 Å². The third-order valence-corrected chi connectivity index (χ3v) is 2.47. The van der Waals surface area contributed by atoms with Crippen molar-refractivity contribution < 1.29 is 14.3 Å². The Morgan fingerprint density at radius 2 is 2.06 bits per heavy atom. The van der Waals surface area contributed by atoms with Gasteiger partial charge in [0.25, 0.3) is 5.91 Å². The van der Waals surface area contributed by atoms with Gasteiger partial charge in [-0.25, -0.2) is 0 Å². The van der Waals surface area contributed by atoms with Crippen LogP contribution in [0.5, 0.6) is 5.75 Å². The zero-order chi connectivity index (χ0) is 11.9. The van der Waals surface area contributed by atoms with E-state index in [0.717, 1.165) is 5.39 Å². The molecule has 0 aliphatic heterocycles. The fourth-order valence-electron chi connectivity index (χ4n) is 1.70. The molecule has 4 heteroatoms. The highest BCUT2D eigenvalue weighted by atomic mass is 16.3. The summed E-state index contributed by atoms with van der Waals surface area (Å²) in [5.41, 5.74) is 1.09. The standard InChI is InChI=1S/C12H13NO3/c1-7-11(12(15)13(2)3)9-5-4-8(14)6-10(9)16-7/h4-6,14H,1-3H3. The van der Waals surface area contributed by atoms with Crippen LogP contribution in [0.4, 0.5) is 0 Å². The molecule has 0 aliphatic carbocycles. The summed E-state index contributed by atoms with van der Waals surface area (Å²) in [7, 11) is 3.39. The summed E-state index contributed by atoms with van der Waals surface area (Å²) in [5.74, 6) is 0.603. The number of hydrogen-bond acceptors (Lipinski definition) is 3. The van der Waals surface area contributed by atoms with Crippen molar-refractivity contribution in [3.63, 3.8) is 0 Å². The zero-order valence-electron chi connectivity index (χ0n) is 9.44. The first-order chi connectivity index (χ1) is 7.50. The lowest BCUT2D eigenvalue weighted by Gasteiger charge is -2.09. The number of aryl methyl sites for hydroxylation is 1. The molecule has 4 nitrogen and oxygen atoms in total. The van der Waals surface area contributed by atoms with Crippen molar-refractivity contribution in [2.45, 2.75) is 6.92 Å². The molecule has 1 amide bonds. The van der Waals surface area contributed by atoms with Crippen molar-refractivity contribution >= 4 is 16.9 Å². The number of phenols is 1. The highest BCUT2D eigenvalue weighted by molar-refractivity contribution is 6.07. The maximum Gasteiger partial charge on any atom is 0.257 e. The minimum absolute atomic E-state index is 0.0954. The predicted octanol–water partition coefficient (Wildman–Crippen LogP) is 2.15. The molecule has 1 N–H and O–H groups in total. The highest BCUT2D eigenvalue weighted by Gasteiger charge is 2.19. The van der Waals surface area contributed by atoms with Crippen molar-refractivity contribution in [3.8, 4) is 5.75 Å². The summed E-state index contributed by atoms with van der Waals surface area (Å²) in [6, 6.07) is 4.75. The Hall–Kier alpha value is -1.97. The molecule has 0 saturated heterocycles. The number of phenolic OH excluding ortho intramolecular Hbond substituents is 1. The topological polar surface area (TPSA) is 53.7 Å². The average molecular weight is 219 g/mol. The number of aromatic hydroxyl groups is 1.